The van der Waals surface area contributed by atoms with E-state index in [0.717, 1.165) is 4.47 Å². The minimum atomic E-state index is 0.531. The number of aromatic nitrogens is 2. The van der Waals surface area contributed by atoms with Crippen LogP contribution in [0.3, 0.4) is 0 Å². The van der Waals surface area contributed by atoms with Gasteiger partial charge < -0.3 is 0 Å². The lowest BCUT2D eigenvalue weighted by molar-refractivity contribution is 0.315. The highest BCUT2D eigenvalue weighted by atomic mass is 79.9. The van der Waals surface area contributed by atoms with Crippen molar-refractivity contribution >= 4 is 38.6 Å². The largest absolute Gasteiger partial charge is 0.243 e. The molecule has 0 atom stereocenters. The number of nitrogens with zero attached hydrogens (tertiary/aromatic N) is 2. The van der Waals surface area contributed by atoms with Crippen LogP contribution in [0.4, 0.5) is 0 Å². The Bertz CT molecular complexity index is 400. The van der Waals surface area contributed by atoms with Crippen molar-refractivity contribution in [3.05, 3.63) is 21.6 Å². The molecule has 0 bridgehead atoms. The molecule has 1 heterocycles. The van der Waals surface area contributed by atoms with E-state index in [9.17, 15) is 0 Å². The molecule has 0 N–H and O–H groups in total. The van der Waals surface area contributed by atoms with Crippen LogP contribution >= 0.6 is 27.5 Å². The summed E-state index contributed by atoms with van der Waals surface area (Å²) in [7, 11) is 0. The molecule has 0 saturated heterocycles. The van der Waals surface area contributed by atoms with E-state index in [1.165, 1.54) is 0 Å². The fraction of sp³-hybridized carbons (Fsp3) is 0. The highest BCUT2D eigenvalue weighted by Crippen LogP contribution is 2.28. The van der Waals surface area contributed by atoms with Crippen LogP contribution in [-0.4, -0.2) is 10.3 Å². The Kier molecular flexibility index (Phi) is 1.58. The maximum atomic E-state index is 5.86. The molecule has 0 spiro atoms. The van der Waals surface area contributed by atoms with Gasteiger partial charge in [-0.25, -0.2) is 4.63 Å². The molecule has 5 heteroatoms. The molecule has 0 saturated carbocycles. The zero-order chi connectivity index (χ0) is 7.84. The predicted octanol–water partition coefficient (Wildman–Crippen LogP) is 2.64. The van der Waals surface area contributed by atoms with E-state index in [2.05, 4.69) is 30.9 Å². The summed E-state index contributed by atoms with van der Waals surface area (Å²) in [5.74, 6) is 0. The predicted molar refractivity (Wildman–Crippen MR) is 44.5 cm³/mol. The minimum Gasteiger partial charge on any atom is -0.243 e. The van der Waals surface area contributed by atoms with Crippen LogP contribution in [0.1, 0.15) is 0 Å². The van der Waals surface area contributed by atoms with Gasteiger partial charge >= 0.3 is 0 Å². The monoisotopic (exact) mass is 232 g/mol. The average Bonchev–Trinajstić information content (AvgIpc) is 2.45. The zero-order valence-electron chi connectivity index (χ0n) is 5.21. The lowest BCUT2D eigenvalue weighted by atomic mass is 10.3. The second-order valence-electron chi connectivity index (χ2n) is 1.99. The molecule has 3 nitrogen and oxygen atoms in total. The van der Waals surface area contributed by atoms with Crippen molar-refractivity contribution in [1.82, 2.24) is 10.3 Å². The van der Waals surface area contributed by atoms with Crippen molar-refractivity contribution in [2.75, 3.05) is 0 Å². The van der Waals surface area contributed by atoms with E-state index in [1.54, 1.807) is 12.1 Å². The Hall–Kier alpha value is -0.610. The summed E-state index contributed by atoms with van der Waals surface area (Å²) >= 11 is 9.12. The van der Waals surface area contributed by atoms with Crippen LogP contribution in [0.25, 0.3) is 11.0 Å². The molecule has 2 rings (SSSR count). The maximum Gasteiger partial charge on any atom is 0.154 e. The van der Waals surface area contributed by atoms with E-state index < -0.39 is 0 Å². The molecule has 0 radical (unpaired) electrons. The molecule has 0 fully saturated rings. The minimum absolute atomic E-state index is 0.531. The van der Waals surface area contributed by atoms with Gasteiger partial charge in [0.05, 0.1) is 5.02 Å². The first-order valence-electron chi connectivity index (χ1n) is 2.85. The molecule has 11 heavy (non-hydrogen) atoms. The summed E-state index contributed by atoms with van der Waals surface area (Å²) in [5, 5.41) is 7.79. The van der Waals surface area contributed by atoms with Crippen LogP contribution in [0, 0.1) is 0 Å². The fourth-order valence-corrected chi connectivity index (χ4v) is 1.31. The number of hydrogen-bond donors (Lipinski definition) is 0. The van der Waals surface area contributed by atoms with Crippen molar-refractivity contribution in [3.63, 3.8) is 0 Å². The van der Waals surface area contributed by atoms with Gasteiger partial charge in [0.2, 0.25) is 0 Å². The smallest absolute Gasteiger partial charge is 0.154 e. The SMILES string of the molecule is Clc1c(Br)ccc2nonc12. The summed E-state index contributed by atoms with van der Waals surface area (Å²) in [5.41, 5.74) is 1.25. The van der Waals surface area contributed by atoms with Crippen LogP contribution in [0.2, 0.25) is 5.02 Å². The molecule has 0 aliphatic carbocycles. The van der Waals surface area contributed by atoms with E-state index in [-0.39, 0.29) is 0 Å². The first-order valence-corrected chi connectivity index (χ1v) is 4.02. The van der Waals surface area contributed by atoms with Crippen molar-refractivity contribution in [3.8, 4) is 0 Å². The maximum absolute atomic E-state index is 5.86. The van der Waals surface area contributed by atoms with Gasteiger partial charge in [-0.15, -0.1) is 0 Å². The number of benzene rings is 1. The highest BCUT2D eigenvalue weighted by molar-refractivity contribution is 9.10. The van der Waals surface area contributed by atoms with E-state index in [4.69, 9.17) is 11.6 Å². The molecule has 1 aromatic carbocycles. The summed E-state index contributed by atoms with van der Waals surface area (Å²) in [6.45, 7) is 0. The van der Waals surface area contributed by atoms with Gasteiger partial charge in [-0.05, 0) is 38.4 Å². The average molecular weight is 233 g/mol. The first kappa shape index (κ1) is 7.06. The van der Waals surface area contributed by atoms with Gasteiger partial charge in [0.25, 0.3) is 0 Å². The van der Waals surface area contributed by atoms with Gasteiger partial charge in [0, 0.05) is 4.47 Å². The second-order valence-corrected chi connectivity index (χ2v) is 3.23. The van der Waals surface area contributed by atoms with Gasteiger partial charge in [0.15, 0.2) is 5.52 Å². The molecule has 2 aromatic rings. The fourth-order valence-electron chi connectivity index (χ4n) is 0.795. The normalized spacial score (nSPS) is 10.7. The van der Waals surface area contributed by atoms with Crippen LogP contribution in [-0.2, 0) is 0 Å². The number of hydrogen-bond acceptors (Lipinski definition) is 3. The number of halogens is 2. The summed E-state index contributed by atoms with van der Waals surface area (Å²) in [4.78, 5) is 0. The summed E-state index contributed by atoms with van der Waals surface area (Å²) in [6, 6.07) is 3.58. The molecule has 0 amide bonds. The standard InChI is InChI=1S/C6H2BrClN2O/c7-3-1-2-4-6(5(3)8)10-11-9-4/h1-2H. The van der Waals surface area contributed by atoms with Crippen molar-refractivity contribution in [1.29, 1.82) is 0 Å². The topological polar surface area (TPSA) is 38.9 Å². The Morgan fingerprint density at radius 2 is 2.18 bits per heavy atom. The van der Waals surface area contributed by atoms with E-state index in [0.29, 0.717) is 16.1 Å². The number of rotatable bonds is 0. The third kappa shape index (κ3) is 1.02. The van der Waals surface area contributed by atoms with E-state index in [1.807, 2.05) is 0 Å². The molecular weight excluding hydrogens is 231 g/mol. The highest BCUT2D eigenvalue weighted by Gasteiger charge is 2.07. The van der Waals surface area contributed by atoms with Gasteiger partial charge in [0.1, 0.15) is 5.52 Å². The third-order valence-electron chi connectivity index (χ3n) is 1.32. The quantitative estimate of drug-likeness (QED) is 0.702. The summed E-state index contributed by atoms with van der Waals surface area (Å²) in [6.07, 6.45) is 0. The molecule has 0 aliphatic heterocycles. The molecule has 0 unspecified atom stereocenters. The van der Waals surface area contributed by atoms with Crippen molar-refractivity contribution in [2.45, 2.75) is 0 Å². The molecule has 0 aliphatic rings. The second kappa shape index (κ2) is 2.46. The van der Waals surface area contributed by atoms with Gasteiger partial charge in [-0.2, -0.15) is 0 Å². The lowest BCUT2D eigenvalue weighted by Gasteiger charge is -1.91. The Balaban J connectivity index is 2.93. The van der Waals surface area contributed by atoms with Gasteiger partial charge in [-0.1, -0.05) is 11.6 Å². The van der Waals surface area contributed by atoms with Crippen LogP contribution in [0.15, 0.2) is 21.2 Å². The van der Waals surface area contributed by atoms with Crippen LogP contribution < -0.4 is 0 Å². The van der Waals surface area contributed by atoms with Crippen molar-refractivity contribution in [2.24, 2.45) is 0 Å². The molecule has 56 valence electrons. The van der Waals surface area contributed by atoms with Crippen LogP contribution in [0.5, 0.6) is 0 Å². The lowest BCUT2D eigenvalue weighted by Crippen LogP contribution is -1.72. The molecule has 1 aromatic heterocycles. The zero-order valence-corrected chi connectivity index (χ0v) is 7.56. The first-order chi connectivity index (χ1) is 5.29. The Labute approximate surface area is 75.4 Å². The van der Waals surface area contributed by atoms with Crippen molar-refractivity contribution < 1.29 is 4.63 Å². The molecular formula is C6H2BrClN2O. The summed E-state index contributed by atoms with van der Waals surface area (Å²) < 4.78 is 5.29. The van der Waals surface area contributed by atoms with E-state index >= 15 is 0 Å². The third-order valence-corrected chi connectivity index (χ3v) is 2.59. The Morgan fingerprint density at radius 1 is 1.36 bits per heavy atom. The Morgan fingerprint density at radius 3 is 3.00 bits per heavy atom. The van der Waals surface area contributed by atoms with Gasteiger partial charge in [-0.3, -0.25) is 0 Å². The number of fused-ring (bicyclic) bond motifs is 1.